The van der Waals surface area contributed by atoms with Gasteiger partial charge in [0, 0.05) is 33.4 Å². The Morgan fingerprint density at radius 2 is 2.04 bits per heavy atom. The molecule has 0 aliphatic heterocycles. The van der Waals surface area contributed by atoms with Crippen LogP contribution in [0, 0.1) is 0 Å². The minimum absolute atomic E-state index is 0.0333. The molecule has 1 aromatic carbocycles. The molecule has 2 rings (SSSR count). The topological polar surface area (TPSA) is 63.1 Å². The molecule has 1 N–H and O–H groups in total. The van der Waals surface area contributed by atoms with Crippen LogP contribution < -0.4 is 10.2 Å². The molecule has 130 valence electrons. The van der Waals surface area contributed by atoms with Gasteiger partial charge in [-0.3, -0.25) is 4.79 Å². The van der Waals surface area contributed by atoms with Crippen LogP contribution in [-0.2, 0) is 18.3 Å². The Labute approximate surface area is 147 Å². The van der Waals surface area contributed by atoms with E-state index in [0.29, 0.717) is 6.54 Å². The number of hydrogen-bond donors (Lipinski definition) is 1. The van der Waals surface area contributed by atoms with Gasteiger partial charge < -0.3 is 14.8 Å². The monoisotopic (exact) mass is 347 g/mol. The highest BCUT2D eigenvalue weighted by Gasteiger charge is 2.16. The highest BCUT2D eigenvalue weighted by Crippen LogP contribution is 2.19. The highest BCUT2D eigenvalue weighted by molar-refractivity contribution is 8.00. The molecule has 0 unspecified atom stereocenters. The van der Waals surface area contributed by atoms with Crippen LogP contribution in [0.3, 0.4) is 0 Å². The highest BCUT2D eigenvalue weighted by atomic mass is 32.2. The Morgan fingerprint density at radius 1 is 1.33 bits per heavy atom. The van der Waals surface area contributed by atoms with Crippen molar-refractivity contribution >= 4 is 23.4 Å². The first-order valence-electron chi connectivity index (χ1n) is 8.02. The summed E-state index contributed by atoms with van der Waals surface area (Å²) in [5.74, 6) is 0.0333. The number of aryl methyl sites for hydroxylation is 2. The first-order valence-corrected chi connectivity index (χ1v) is 8.90. The van der Waals surface area contributed by atoms with Crippen LogP contribution in [0.25, 0.3) is 0 Å². The van der Waals surface area contributed by atoms with Gasteiger partial charge in [-0.05, 0) is 37.5 Å². The molecule has 0 bridgehead atoms. The lowest BCUT2D eigenvalue weighted by molar-refractivity contribution is -0.120. The molecule has 0 saturated heterocycles. The Bertz CT molecular complexity index is 653. The van der Waals surface area contributed by atoms with Gasteiger partial charge >= 0.3 is 0 Å². The van der Waals surface area contributed by atoms with Gasteiger partial charge in [-0.15, -0.1) is 10.2 Å². The van der Waals surface area contributed by atoms with E-state index >= 15 is 0 Å². The van der Waals surface area contributed by atoms with Crippen LogP contribution in [0.4, 0.5) is 5.69 Å². The van der Waals surface area contributed by atoms with Crippen LogP contribution in [0.2, 0.25) is 0 Å². The number of benzene rings is 1. The largest absolute Gasteiger partial charge is 0.378 e. The van der Waals surface area contributed by atoms with Crippen molar-refractivity contribution in [2.45, 2.75) is 30.2 Å². The van der Waals surface area contributed by atoms with Gasteiger partial charge in [-0.25, -0.2) is 0 Å². The van der Waals surface area contributed by atoms with Crippen molar-refractivity contribution in [2.75, 3.05) is 25.5 Å². The molecule has 0 spiro atoms. The molecule has 0 aliphatic rings. The third-order valence-corrected chi connectivity index (χ3v) is 4.86. The summed E-state index contributed by atoms with van der Waals surface area (Å²) in [4.78, 5) is 14.2. The second-order valence-corrected chi connectivity index (χ2v) is 7.25. The maximum Gasteiger partial charge on any atom is 0.233 e. The van der Waals surface area contributed by atoms with Gasteiger partial charge in [-0.1, -0.05) is 23.9 Å². The van der Waals surface area contributed by atoms with Crippen LogP contribution in [0.5, 0.6) is 0 Å². The fourth-order valence-electron chi connectivity index (χ4n) is 2.20. The zero-order valence-electron chi connectivity index (χ0n) is 14.7. The molecular formula is C17H25N5OS. The van der Waals surface area contributed by atoms with E-state index in [1.54, 1.807) is 6.33 Å². The van der Waals surface area contributed by atoms with E-state index in [-0.39, 0.29) is 11.2 Å². The number of aromatic nitrogens is 3. The smallest absolute Gasteiger partial charge is 0.233 e. The lowest BCUT2D eigenvalue weighted by Gasteiger charge is -2.13. The van der Waals surface area contributed by atoms with Crippen molar-refractivity contribution in [3.8, 4) is 0 Å². The first-order chi connectivity index (χ1) is 11.5. The second-order valence-electron chi connectivity index (χ2n) is 5.94. The lowest BCUT2D eigenvalue weighted by atomic mass is 10.1. The predicted octanol–water partition coefficient (Wildman–Crippen LogP) is 2.11. The molecule has 7 heteroatoms. The number of thioether (sulfide) groups is 1. The van der Waals surface area contributed by atoms with Crippen LogP contribution in [0.1, 0.15) is 18.9 Å². The Morgan fingerprint density at radius 3 is 2.62 bits per heavy atom. The zero-order valence-corrected chi connectivity index (χ0v) is 15.5. The van der Waals surface area contributed by atoms with Gasteiger partial charge in [0.2, 0.25) is 5.91 Å². The number of rotatable bonds is 8. The first kappa shape index (κ1) is 18.3. The van der Waals surface area contributed by atoms with Gasteiger partial charge in [0.25, 0.3) is 0 Å². The summed E-state index contributed by atoms with van der Waals surface area (Å²) in [6.07, 6.45) is 3.52. The van der Waals surface area contributed by atoms with Crippen molar-refractivity contribution in [3.05, 3.63) is 36.2 Å². The van der Waals surface area contributed by atoms with E-state index in [1.165, 1.54) is 23.0 Å². The fourth-order valence-corrected chi connectivity index (χ4v) is 3.01. The quantitative estimate of drug-likeness (QED) is 0.585. The molecule has 1 amide bonds. The molecule has 1 heterocycles. The lowest BCUT2D eigenvalue weighted by Crippen LogP contribution is -2.32. The summed E-state index contributed by atoms with van der Waals surface area (Å²) >= 11 is 1.42. The summed E-state index contributed by atoms with van der Waals surface area (Å²) < 4.78 is 1.81. The van der Waals surface area contributed by atoms with Crippen molar-refractivity contribution in [3.63, 3.8) is 0 Å². The third kappa shape index (κ3) is 5.26. The number of carbonyl (C=O) groups is 1. The van der Waals surface area contributed by atoms with Crippen molar-refractivity contribution in [1.82, 2.24) is 20.1 Å². The predicted molar refractivity (Wildman–Crippen MR) is 98.4 cm³/mol. The maximum atomic E-state index is 12.1. The number of nitrogens with zero attached hydrogens (tertiary/aromatic N) is 4. The molecule has 0 radical (unpaired) electrons. The maximum absolute atomic E-state index is 12.1. The van der Waals surface area contributed by atoms with Gasteiger partial charge in [0.1, 0.15) is 6.33 Å². The van der Waals surface area contributed by atoms with E-state index in [2.05, 4.69) is 44.7 Å². The number of amides is 1. The summed E-state index contributed by atoms with van der Waals surface area (Å²) in [7, 11) is 5.93. The molecule has 24 heavy (non-hydrogen) atoms. The second kappa shape index (κ2) is 8.73. The SMILES string of the molecule is C[C@H](Sc1nncn1C)C(=O)NCCCc1ccc(N(C)C)cc1. The van der Waals surface area contributed by atoms with E-state index in [1.807, 2.05) is 32.6 Å². The molecular weight excluding hydrogens is 322 g/mol. The Hall–Kier alpha value is -2.02. The molecule has 0 fully saturated rings. The normalized spacial score (nSPS) is 12.0. The summed E-state index contributed by atoms with van der Waals surface area (Å²) in [5, 5.41) is 11.4. The Kier molecular flexibility index (Phi) is 6.66. The molecule has 2 aromatic rings. The number of carbonyl (C=O) groups excluding carboxylic acids is 1. The van der Waals surface area contributed by atoms with Gasteiger partial charge in [0.15, 0.2) is 5.16 Å². The standard InChI is InChI=1S/C17H25N5OS/c1-13(24-17-20-19-12-22(17)4)16(23)18-11-5-6-14-7-9-15(10-8-14)21(2)3/h7-10,12-13H,5-6,11H2,1-4H3,(H,18,23)/t13-/m0/s1. The van der Waals surface area contributed by atoms with Crippen molar-refractivity contribution < 1.29 is 4.79 Å². The molecule has 1 aromatic heterocycles. The minimum atomic E-state index is -0.188. The summed E-state index contributed by atoms with van der Waals surface area (Å²) in [6.45, 7) is 2.56. The summed E-state index contributed by atoms with van der Waals surface area (Å²) in [5.41, 5.74) is 2.48. The van der Waals surface area contributed by atoms with E-state index in [4.69, 9.17) is 0 Å². The van der Waals surface area contributed by atoms with E-state index < -0.39 is 0 Å². The van der Waals surface area contributed by atoms with Crippen LogP contribution >= 0.6 is 11.8 Å². The van der Waals surface area contributed by atoms with E-state index in [9.17, 15) is 4.79 Å². The number of nitrogens with one attached hydrogen (secondary N) is 1. The van der Waals surface area contributed by atoms with Crippen molar-refractivity contribution in [2.24, 2.45) is 7.05 Å². The third-order valence-electron chi connectivity index (χ3n) is 3.72. The molecule has 0 saturated carbocycles. The number of hydrogen-bond acceptors (Lipinski definition) is 5. The number of anilines is 1. The minimum Gasteiger partial charge on any atom is -0.378 e. The molecule has 6 nitrogen and oxygen atoms in total. The zero-order chi connectivity index (χ0) is 17.5. The van der Waals surface area contributed by atoms with Gasteiger partial charge in [-0.2, -0.15) is 0 Å². The summed E-state index contributed by atoms with van der Waals surface area (Å²) in [6, 6.07) is 8.52. The van der Waals surface area contributed by atoms with Gasteiger partial charge in [0.05, 0.1) is 5.25 Å². The van der Waals surface area contributed by atoms with Crippen LogP contribution in [0.15, 0.2) is 35.7 Å². The average Bonchev–Trinajstić information content (AvgIpc) is 2.96. The van der Waals surface area contributed by atoms with Crippen LogP contribution in [-0.4, -0.2) is 46.6 Å². The van der Waals surface area contributed by atoms with Crippen molar-refractivity contribution in [1.29, 1.82) is 0 Å². The van der Waals surface area contributed by atoms with E-state index in [0.717, 1.165) is 18.0 Å². The average molecular weight is 347 g/mol. The Balaban J connectivity index is 1.69. The molecule has 1 atom stereocenters. The molecule has 0 aliphatic carbocycles. The fraction of sp³-hybridized carbons (Fsp3) is 0.471.